The number of halogens is 2. The van der Waals surface area contributed by atoms with Crippen LogP contribution in [-0.2, 0) is 0 Å². The van der Waals surface area contributed by atoms with Gasteiger partial charge in [-0.2, -0.15) is 4.98 Å². The second-order valence-corrected chi connectivity index (χ2v) is 2.96. The molecular weight excluding hydrogens is 209 g/mol. The first-order chi connectivity index (χ1) is 6.79. The highest BCUT2D eigenvalue weighted by Gasteiger charge is 2.04. The second-order valence-electron chi connectivity index (χ2n) is 2.63. The quantitative estimate of drug-likeness (QED) is 0.790. The van der Waals surface area contributed by atoms with Crippen molar-refractivity contribution in [3.8, 4) is 5.75 Å². The Morgan fingerprint density at radius 2 is 2.36 bits per heavy atom. The largest absolute Gasteiger partial charge is 0.491 e. The molecule has 0 aliphatic rings. The molecule has 2 aromatic rings. The lowest BCUT2D eigenvalue weighted by atomic mass is 10.3. The summed E-state index contributed by atoms with van der Waals surface area (Å²) in [7, 11) is 0. The maximum absolute atomic E-state index is 11.8. The van der Waals surface area contributed by atoms with Crippen molar-refractivity contribution in [2.45, 2.75) is 0 Å². The number of hydrogen-bond donors (Lipinski definition) is 0. The van der Waals surface area contributed by atoms with E-state index in [2.05, 4.69) is 4.98 Å². The van der Waals surface area contributed by atoms with Crippen molar-refractivity contribution in [3.05, 3.63) is 23.5 Å². The predicted octanol–water partition coefficient (Wildman–Crippen LogP) is 2.83. The first kappa shape index (κ1) is 9.27. The number of alkyl halides is 1. The fourth-order valence-corrected chi connectivity index (χ4v) is 1.30. The number of hydrogen-bond acceptors (Lipinski definition) is 3. The monoisotopic (exact) mass is 215 g/mol. The fourth-order valence-electron chi connectivity index (χ4n) is 1.12. The molecule has 2 rings (SSSR count). The topological polar surface area (TPSA) is 35.3 Å². The van der Waals surface area contributed by atoms with Crippen LogP contribution in [0.2, 0.25) is 5.35 Å². The molecular formula is C9H7ClFNO2. The number of benzene rings is 1. The van der Waals surface area contributed by atoms with Gasteiger partial charge in [-0.25, -0.2) is 4.39 Å². The van der Waals surface area contributed by atoms with E-state index in [0.717, 1.165) is 0 Å². The van der Waals surface area contributed by atoms with Crippen LogP contribution in [0.25, 0.3) is 11.1 Å². The first-order valence-corrected chi connectivity index (χ1v) is 4.42. The van der Waals surface area contributed by atoms with E-state index >= 15 is 0 Å². The lowest BCUT2D eigenvalue weighted by molar-refractivity contribution is 0.273. The van der Waals surface area contributed by atoms with Crippen LogP contribution in [-0.4, -0.2) is 18.3 Å². The molecule has 0 spiro atoms. The fraction of sp³-hybridized carbons (Fsp3) is 0.222. The average Bonchev–Trinajstić information content (AvgIpc) is 2.54. The lowest BCUT2D eigenvalue weighted by Gasteiger charge is -2.01. The molecule has 0 saturated carbocycles. The molecule has 5 heteroatoms. The lowest BCUT2D eigenvalue weighted by Crippen LogP contribution is -1.97. The van der Waals surface area contributed by atoms with E-state index in [1.165, 1.54) is 0 Å². The molecule has 1 heterocycles. The van der Waals surface area contributed by atoms with Crippen LogP contribution in [0, 0.1) is 0 Å². The van der Waals surface area contributed by atoms with Crippen molar-refractivity contribution in [2.24, 2.45) is 0 Å². The van der Waals surface area contributed by atoms with E-state index in [9.17, 15) is 4.39 Å². The van der Waals surface area contributed by atoms with Gasteiger partial charge in [-0.1, -0.05) is 0 Å². The summed E-state index contributed by atoms with van der Waals surface area (Å²) in [5.41, 5.74) is 1.19. The van der Waals surface area contributed by atoms with Crippen LogP contribution in [0.1, 0.15) is 0 Å². The number of rotatable bonds is 3. The molecule has 0 radical (unpaired) electrons. The van der Waals surface area contributed by atoms with E-state index in [-0.39, 0.29) is 12.0 Å². The van der Waals surface area contributed by atoms with E-state index in [1.54, 1.807) is 18.2 Å². The summed E-state index contributed by atoms with van der Waals surface area (Å²) in [5, 5.41) is 0.0858. The Labute approximate surface area is 84.4 Å². The van der Waals surface area contributed by atoms with Crippen molar-refractivity contribution in [1.29, 1.82) is 0 Å². The highest BCUT2D eigenvalue weighted by Crippen LogP contribution is 2.23. The number of ether oxygens (including phenoxy) is 1. The third kappa shape index (κ3) is 1.80. The van der Waals surface area contributed by atoms with Gasteiger partial charge in [-0.15, -0.1) is 0 Å². The van der Waals surface area contributed by atoms with Crippen molar-refractivity contribution < 1.29 is 13.5 Å². The zero-order chi connectivity index (χ0) is 9.97. The SMILES string of the molecule is FCCOc1ccc2nc(Cl)oc2c1. The predicted molar refractivity (Wildman–Crippen MR) is 50.5 cm³/mol. The van der Waals surface area contributed by atoms with Crippen LogP contribution in [0.3, 0.4) is 0 Å². The van der Waals surface area contributed by atoms with E-state index < -0.39 is 6.67 Å². The Bertz CT molecular complexity index is 443. The Hall–Kier alpha value is -1.29. The van der Waals surface area contributed by atoms with E-state index in [1.807, 2.05) is 0 Å². The summed E-state index contributed by atoms with van der Waals surface area (Å²) in [4.78, 5) is 3.90. The van der Waals surface area contributed by atoms with Gasteiger partial charge in [0.05, 0.1) is 0 Å². The highest BCUT2D eigenvalue weighted by atomic mass is 35.5. The number of oxazole rings is 1. The second kappa shape index (κ2) is 3.84. The summed E-state index contributed by atoms with van der Waals surface area (Å²) in [6.07, 6.45) is 0. The maximum atomic E-state index is 11.8. The van der Waals surface area contributed by atoms with Crippen molar-refractivity contribution in [1.82, 2.24) is 4.98 Å². The van der Waals surface area contributed by atoms with Gasteiger partial charge in [0.15, 0.2) is 5.58 Å². The number of fused-ring (bicyclic) bond motifs is 1. The Morgan fingerprint density at radius 3 is 3.14 bits per heavy atom. The Balaban J connectivity index is 2.31. The molecule has 0 bridgehead atoms. The van der Waals surface area contributed by atoms with Gasteiger partial charge in [-0.3, -0.25) is 0 Å². The molecule has 0 aliphatic carbocycles. The molecule has 0 aliphatic heterocycles. The zero-order valence-corrected chi connectivity index (χ0v) is 7.92. The molecule has 0 amide bonds. The first-order valence-electron chi connectivity index (χ1n) is 4.04. The molecule has 0 unspecified atom stereocenters. The average molecular weight is 216 g/mol. The molecule has 0 fully saturated rings. The minimum Gasteiger partial charge on any atom is -0.491 e. The van der Waals surface area contributed by atoms with Gasteiger partial charge >= 0.3 is 0 Å². The molecule has 3 nitrogen and oxygen atoms in total. The van der Waals surface area contributed by atoms with E-state index in [0.29, 0.717) is 16.8 Å². The van der Waals surface area contributed by atoms with Gasteiger partial charge in [0, 0.05) is 6.07 Å². The third-order valence-corrected chi connectivity index (χ3v) is 1.84. The van der Waals surface area contributed by atoms with Crippen LogP contribution in [0.4, 0.5) is 4.39 Å². The minimum absolute atomic E-state index is 0.0351. The summed E-state index contributed by atoms with van der Waals surface area (Å²) in [6, 6.07) is 5.03. The summed E-state index contributed by atoms with van der Waals surface area (Å²) in [5.74, 6) is 0.544. The molecule has 1 aromatic heterocycles. The zero-order valence-electron chi connectivity index (χ0n) is 7.17. The van der Waals surface area contributed by atoms with Crippen molar-refractivity contribution in [2.75, 3.05) is 13.3 Å². The number of nitrogens with zero attached hydrogens (tertiary/aromatic N) is 1. The molecule has 1 aromatic carbocycles. The summed E-state index contributed by atoms with van der Waals surface area (Å²) in [6.45, 7) is -0.484. The third-order valence-electron chi connectivity index (χ3n) is 1.68. The molecule has 14 heavy (non-hydrogen) atoms. The van der Waals surface area contributed by atoms with Crippen LogP contribution in [0.5, 0.6) is 5.75 Å². The maximum Gasteiger partial charge on any atom is 0.293 e. The van der Waals surface area contributed by atoms with Gasteiger partial charge < -0.3 is 9.15 Å². The molecule has 0 N–H and O–H groups in total. The smallest absolute Gasteiger partial charge is 0.293 e. The standard InChI is InChI=1S/C9H7ClFNO2/c10-9-12-7-2-1-6(13-4-3-11)5-8(7)14-9/h1-2,5H,3-4H2. The van der Waals surface area contributed by atoms with Gasteiger partial charge in [0.1, 0.15) is 24.5 Å². The van der Waals surface area contributed by atoms with E-state index in [4.69, 9.17) is 20.8 Å². The van der Waals surface area contributed by atoms with Crippen molar-refractivity contribution >= 4 is 22.7 Å². The van der Waals surface area contributed by atoms with Crippen LogP contribution in [0.15, 0.2) is 22.6 Å². The Kier molecular flexibility index (Phi) is 2.54. The Morgan fingerprint density at radius 1 is 1.50 bits per heavy atom. The van der Waals surface area contributed by atoms with Gasteiger partial charge in [-0.05, 0) is 23.7 Å². The van der Waals surface area contributed by atoms with Gasteiger partial charge in [0.25, 0.3) is 5.35 Å². The van der Waals surface area contributed by atoms with Gasteiger partial charge in [0.2, 0.25) is 0 Å². The normalized spacial score (nSPS) is 10.7. The van der Waals surface area contributed by atoms with Crippen LogP contribution < -0.4 is 4.74 Å². The van der Waals surface area contributed by atoms with Crippen LogP contribution >= 0.6 is 11.6 Å². The molecule has 0 atom stereocenters. The molecule has 74 valence electrons. The summed E-state index contributed by atoms with van der Waals surface area (Å²) < 4.78 is 22.0. The van der Waals surface area contributed by atoms with Crippen molar-refractivity contribution in [3.63, 3.8) is 0 Å². The summed E-state index contributed by atoms with van der Waals surface area (Å²) >= 11 is 5.56. The minimum atomic E-state index is -0.519. The highest BCUT2D eigenvalue weighted by molar-refractivity contribution is 6.28. The molecule has 0 saturated heterocycles. The number of aromatic nitrogens is 1.